The normalized spacial score (nSPS) is 16.6. The first-order chi connectivity index (χ1) is 9.61. The zero-order valence-corrected chi connectivity index (χ0v) is 11.4. The molecule has 1 aliphatic rings. The molecule has 2 aromatic rings. The number of benzene rings is 2. The summed E-state index contributed by atoms with van der Waals surface area (Å²) < 4.78 is 24.4. The average molecular weight is 294 g/mol. The van der Waals surface area contributed by atoms with Crippen molar-refractivity contribution in [3.8, 4) is 11.5 Å². The van der Waals surface area contributed by atoms with E-state index in [0.717, 1.165) is 11.3 Å². The van der Waals surface area contributed by atoms with Crippen molar-refractivity contribution in [1.29, 1.82) is 0 Å². The highest BCUT2D eigenvalue weighted by Crippen LogP contribution is 2.30. The second-order valence-electron chi connectivity index (χ2n) is 4.69. The van der Waals surface area contributed by atoms with Crippen LogP contribution in [0.5, 0.6) is 11.5 Å². The number of rotatable bonds is 3. The van der Waals surface area contributed by atoms with Crippen molar-refractivity contribution in [2.24, 2.45) is 0 Å². The van der Waals surface area contributed by atoms with Crippen molar-refractivity contribution in [1.82, 2.24) is 0 Å². The summed E-state index contributed by atoms with van der Waals surface area (Å²) in [4.78, 5) is 0. The van der Waals surface area contributed by atoms with Gasteiger partial charge in [0.2, 0.25) is 0 Å². The summed E-state index contributed by atoms with van der Waals surface area (Å²) in [6.45, 7) is 0.372. The molecule has 0 amide bonds. The molecule has 104 valence electrons. The van der Waals surface area contributed by atoms with Crippen LogP contribution in [-0.2, 0) is 6.42 Å². The summed E-state index contributed by atoms with van der Waals surface area (Å²) >= 11 is 5.92. The molecule has 20 heavy (non-hydrogen) atoms. The lowest BCUT2D eigenvalue weighted by molar-refractivity contribution is 0.148. The number of nitrogens with two attached hydrogens (primary N) is 1. The molecule has 0 radical (unpaired) electrons. The highest BCUT2D eigenvalue weighted by Gasteiger charge is 2.23. The van der Waals surface area contributed by atoms with Crippen molar-refractivity contribution in [3.63, 3.8) is 0 Å². The summed E-state index contributed by atoms with van der Waals surface area (Å²) in [5, 5.41) is 0.459. The molecule has 0 aliphatic carbocycles. The fourth-order valence-corrected chi connectivity index (χ4v) is 2.34. The quantitative estimate of drug-likeness (QED) is 0.882. The van der Waals surface area contributed by atoms with Crippen molar-refractivity contribution in [2.45, 2.75) is 12.5 Å². The molecule has 2 N–H and O–H groups in total. The fraction of sp³-hybridized carbons (Fsp3) is 0.200. The van der Waals surface area contributed by atoms with Crippen molar-refractivity contribution in [2.75, 3.05) is 12.3 Å². The highest BCUT2D eigenvalue weighted by molar-refractivity contribution is 6.33. The van der Waals surface area contributed by atoms with Crippen molar-refractivity contribution >= 4 is 17.3 Å². The molecule has 0 fully saturated rings. The number of hydrogen-bond donors (Lipinski definition) is 1. The molecule has 3 rings (SSSR count). The van der Waals surface area contributed by atoms with Gasteiger partial charge in [-0.1, -0.05) is 11.6 Å². The predicted octanol–water partition coefficient (Wildman–Crippen LogP) is 3.44. The Hall–Kier alpha value is -1.94. The van der Waals surface area contributed by atoms with Crippen molar-refractivity contribution in [3.05, 3.63) is 52.8 Å². The smallest absolute Gasteiger partial charge is 0.137 e. The van der Waals surface area contributed by atoms with E-state index in [1.807, 2.05) is 0 Å². The van der Waals surface area contributed by atoms with Gasteiger partial charge in [-0.05, 0) is 30.3 Å². The van der Waals surface area contributed by atoms with Crippen LogP contribution in [-0.4, -0.2) is 12.7 Å². The van der Waals surface area contributed by atoms with Crippen LogP contribution in [0.3, 0.4) is 0 Å². The lowest BCUT2D eigenvalue weighted by atomic mass is 10.1. The number of halogens is 2. The first-order valence-corrected chi connectivity index (χ1v) is 6.62. The molecule has 2 aromatic carbocycles. The molecule has 0 saturated heterocycles. The summed E-state index contributed by atoms with van der Waals surface area (Å²) in [6, 6.07) is 9.64. The van der Waals surface area contributed by atoms with Crippen LogP contribution in [0.15, 0.2) is 36.4 Å². The molecular weight excluding hydrogens is 281 g/mol. The second-order valence-corrected chi connectivity index (χ2v) is 5.10. The van der Waals surface area contributed by atoms with E-state index in [4.69, 9.17) is 26.8 Å². The maximum Gasteiger partial charge on any atom is 0.137 e. The van der Waals surface area contributed by atoms with Crippen LogP contribution in [0.4, 0.5) is 10.1 Å². The second kappa shape index (κ2) is 5.21. The largest absolute Gasteiger partial charge is 0.490 e. The molecule has 0 saturated carbocycles. The van der Waals surface area contributed by atoms with Gasteiger partial charge >= 0.3 is 0 Å². The zero-order chi connectivity index (χ0) is 14.1. The molecule has 1 unspecified atom stereocenters. The Kier molecular flexibility index (Phi) is 3.40. The van der Waals surface area contributed by atoms with Gasteiger partial charge in [-0.25, -0.2) is 4.39 Å². The van der Waals surface area contributed by atoms with Gasteiger partial charge in [0, 0.05) is 18.1 Å². The maximum atomic E-state index is 13.1. The lowest BCUT2D eigenvalue weighted by Crippen LogP contribution is -2.22. The average Bonchev–Trinajstić information content (AvgIpc) is 2.82. The van der Waals surface area contributed by atoms with Crippen LogP contribution in [0.2, 0.25) is 5.02 Å². The minimum Gasteiger partial charge on any atom is -0.490 e. The Labute approximate surface area is 121 Å². The molecular formula is C15H13ClFNO2. The third kappa shape index (κ3) is 2.65. The van der Waals surface area contributed by atoms with Crippen LogP contribution in [0.1, 0.15) is 5.56 Å². The highest BCUT2D eigenvalue weighted by atomic mass is 35.5. The molecule has 0 spiro atoms. The SMILES string of the molecule is Nc1ccc(OCC2Cc3cc(F)ccc3O2)cc1Cl. The Bertz CT molecular complexity index is 648. The maximum absolute atomic E-state index is 13.1. The minimum atomic E-state index is -0.251. The van der Waals surface area contributed by atoms with E-state index in [2.05, 4.69) is 0 Å². The van der Waals surface area contributed by atoms with Gasteiger partial charge in [0.25, 0.3) is 0 Å². The van der Waals surface area contributed by atoms with Crippen LogP contribution < -0.4 is 15.2 Å². The fourth-order valence-electron chi connectivity index (χ4n) is 2.17. The molecule has 1 aliphatic heterocycles. The summed E-state index contributed by atoms with van der Waals surface area (Å²) in [6.07, 6.45) is 0.513. The third-order valence-corrected chi connectivity index (χ3v) is 3.50. The summed E-state index contributed by atoms with van der Waals surface area (Å²) in [5.74, 6) is 1.10. The van der Waals surface area contributed by atoms with Crippen LogP contribution >= 0.6 is 11.6 Å². The lowest BCUT2D eigenvalue weighted by Gasteiger charge is -2.12. The van der Waals surface area contributed by atoms with E-state index in [1.54, 1.807) is 24.3 Å². The molecule has 3 nitrogen and oxygen atoms in total. The number of anilines is 1. The first kappa shape index (κ1) is 13.1. The van der Waals surface area contributed by atoms with Crippen LogP contribution in [0, 0.1) is 5.82 Å². The van der Waals surface area contributed by atoms with Gasteiger partial charge in [0.1, 0.15) is 30.0 Å². The Balaban J connectivity index is 1.62. The standard InChI is InChI=1S/C15H13ClFNO2/c16-13-7-11(2-3-14(13)18)19-8-12-6-9-5-10(17)1-4-15(9)20-12/h1-5,7,12H,6,8,18H2. The monoisotopic (exact) mass is 293 g/mol. The number of nitrogen functional groups attached to an aromatic ring is 1. The van der Waals surface area contributed by atoms with Gasteiger partial charge in [-0.3, -0.25) is 0 Å². The molecule has 0 aromatic heterocycles. The first-order valence-electron chi connectivity index (χ1n) is 6.25. The number of fused-ring (bicyclic) bond motifs is 1. The molecule has 5 heteroatoms. The molecule has 0 bridgehead atoms. The van der Waals surface area contributed by atoms with Crippen LogP contribution in [0.25, 0.3) is 0 Å². The van der Waals surface area contributed by atoms with E-state index in [0.29, 0.717) is 29.5 Å². The number of hydrogen-bond acceptors (Lipinski definition) is 3. The Morgan fingerprint density at radius 2 is 2.15 bits per heavy atom. The van der Waals surface area contributed by atoms with Gasteiger partial charge in [-0.2, -0.15) is 0 Å². The van der Waals surface area contributed by atoms with Gasteiger partial charge in [0.15, 0.2) is 0 Å². The van der Waals surface area contributed by atoms with E-state index < -0.39 is 0 Å². The Morgan fingerprint density at radius 3 is 2.95 bits per heavy atom. The summed E-state index contributed by atoms with van der Waals surface area (Å²) in [5.41, 5.74) is 7.01. The molecule has 1 atom stereocenters. The Morgan fingerprint density at radius 1 is 1.30 bits per heavy atom. The van der Waals surface area contributed by atoms with E-state index in [1.165, 1.54) is 12.1 Å². The van der Waals surface area contributed by atoms with E-state index in [9.17, 15) is 4.39 Å². The van der Waals surface area contributed by atoms with E-state index in [-0.39, 0.29) is 11.9 Å². The zero-order valence-electron chi connectivity index (χ0n) is 10.6. The van der Waals surface area contributed by atoms with Gasteiger partial charge in [-0.15, -0.1) is 0 Å². The summed E-state index contributed by atoms with van der Waals surface area (Å²) in [7, 11) is 0. The van der Waals surface area contributed by atoms with Crippen molar-refractivity contribution < 1.29 is 13.9 Å². The predicted molar refractivity (Wildman–Crippen MR) is 75.9 cm³/mol. The minimum absolute atomic E-state index is 0.122. The third-order valence-electron chi connectivity index (χ3n) is 3.17. The molecule has 1 heterocycles. The number of ether oxygens (including phenoxy) is 2. The van der Waals surface area contributed by atoms with Gasteiger partial charge < -0.3 is 15.2 Å². The topological polar surface area (TPSA) is 44.5 Å². The van der Waals surface area contributed by atoms with Gasteiger partial charge in [0.05, 0.1) is 10.7 Å². The van der Waals surface area contributed by atoms with E-state index >= 15 is 0 Å².